The third-order valence-electron chi connectivity index (χ3n) is 4.09. The van der Waals surface area contributed by atoms with E-state index in [1.165, 1.54) is 5.82 Å². The van der Waals surface area contributed by atoms with Gasteiger partial charge in [0.25, 0.3) is 0 Å². The SMILES string of the molecule is C=CCNC(=O)CN1CCC(Cn2ccnc2CC)CC1. The van der Waals surface area contributed by atoms with Crippen molar-refractivity contribution in [1.29, 1.82) is 0 Å². The molecule has 0 atom stereocenters. The van der Waals surface area contributed by atoms with Crippen molar-refractivity contribution in [3.8, 4) is 0 Å². The minimum Gasteiger partial charge on any atom is -0.352 e. The quantitative estimate of drug-likeness (QED) is 0.774. The Kier molecular flexibility index (Phi) is 5.99. The van der Waals surface area contributed by atoms with Crippen molar-refractivity contribution >= 4 is 5.91 Å². The van der Waals surface area contributed by atoms with Gasteiger partial charge in [0, 0.05) is 31.9 Å². The molecular weight excluding hydrogens is 264 g/mol. The van der Waals surface area contributed by atoms with Crippen LogP contribution in [0.1, 0.15) is 25.6 Å². The lowest BCUT2D eigenvalue weighted by Crippen LogP contribution is -2.42. The molecule has 5 heteroatoms. The maximum Gasteiger partial charge on any atom is 0.234 e. The lowest BCUT2D eigenvalue weighted by molar-refractivity contribution is -0.122. The maximum absolute atomic E-state index is 11.7. The number of carbonyl (C=O) groups excluding carboxylic acids is 1. The summed E-state index contributed by atoms with van der Waals surface area (Å²) in [5.41, 5.74) is 0. The summed E-state index contributed by atoms with van der Waals surface area (Å²) in [6, 6.07) is 0. The van der Waals surface area contributed by atoms with E-state index in [0.29, 0.717) is 19.0 Å². The molecule has 1 aromatic rings. The molecule has 21 heavy (non-hydrogen) atoms. The first-order chi connectivity index (χ1) is 10.2. The Morgan fingerprint density at radius 2 is 2.29 bits per heavy atom. The molecule has 0 unspecified atom stereocenters. The fourth-order valence-electron chi connectivity index (χ4n) is 2.87. The van der Waals surface area contributed by atoms with Crippen molar-refractivity contribution in [3.63, 3.8) is 0 Å². The van der Waals surface area contributed by atoms with Crippen LogP contribution in [0.25, 0.3) is 0 Å². The topological polar surface area (TPSA) is 50.2 Å². The smallest absolute Gasteiger partial charge is 0.234 e. The van der Waals surface area contributed by atoms with Crippen LogP contribution in [0, 0.1) is 5.92 Å². The lowest BCUT2D eigenvalue weighted by Gasteiger charge is -2.31. The third-order valence-corrected chi connectivity index (χ3v) is 4.09. The molecule has 2 rings (SSSR count). The molecule has 2 heterocycles. The van der Waals surface area contributed by atoms with Crippen molar-refractivity contribution in [2.75, 3.05) is 26.2 Å². The summed E-state index contributed by atoms with van der Waals surface area (Å²) in [7, 11) is 0. The second-order valence-corrected chi connectivity index (χ2v) is 5.66. The molecule has 1 aliphatic heterocycles. The lowest BCUT2D eigenvalue weighted by atomic mass is 9.96. The largest absolute Gasteiger partial charge is 0.352 e. The summed E-state index contributed by atoms with van der Waals surface area (Å²) in [6.07, 6.45) is 8.95. The Morgan fingerprint density at radius 1 is 1.52 bits per heavy atom. The van der Waals surface area contributed by atoms with E-state index in [1.807, 2.05) is 6.20 Å². The summed E-state index contributed by atoms with van der Waals surface area (Å²) >= 11 is 0. The number of likely N-dealkylation sites (tertiary alicyclic amines) is 1. The van der Waals surface area contributed by atoms with Gasteiger partial charge >= 0.3 is 0 Å². The number of aromatic nitrogens is 2. The van der Waals surface area contributed by atoms with Gasteiger partial charge in [-0.05, 0) is 31.8 Å². The summed E-state index contributed by atoms with van der Waals surface area (Å²) in [6.45, 7) is 9.86. The monoisotopic (exact) mass is 290 g/mol. The van der Waals surface area contributed by atoms with Gasteiger partial charge in [-0.25, -0.2) is 4.98 Å². The summed E-state index contributed by atoms with van der Waals surface area (Å²) < 4.78 is 2.27. The Morgan fingerprint density at radius 3 is 2.95 bits per heavy atom. The number of nitrogens with one attached hydrogen (secondary N) is 1. The van der Waals surface area contributed by atoms with Gasteiger partial charge in [-0.1, -0.05) is 13.0 Å². The van der Waals surface area contributed by atoms with E-state index >= 15 is 0 Å². The van der Waals surface area contributed by atoms with Crippen LogP contribution < -0.4 is 5.32 Å². The molecule has 1 fully saturated rings. The summed E-state index contributed by atoms with van der Waals surface area (Å²) in [5.74, 6) is 1.95. The van der Waals surface area contributed by atoms with E-state index in [9.17, 15) is 4.79 Å². The van der Waals surface area contributed by atoms with Gasteiger partial charge in [-0.15, -0.1) is 6.58 Å². The van der Waals surface area contributed by atoms with Crippen LogP contribution in [0.4, 0.5) is 0 Å². The molecule has 1 saturated heterocycles. The van der Waals surface area contributed by atoms with E-state index in [0.717, 1.165) is 38.9 Å². The first kappa shape index (κ1) is 15.8. The first-order valence-electron chi connectivity index (χ1n) is 7.82. The molecule has 0 aliphatic carbocycles. The molecular formula is C16H26N4O. The van der Waals surface area contributed by atoms with Crippen LogP contribution in [-0.4, -0.2) is 46.5 Å². The predicted octanol–water partition coefficient (Wildman–Crippen LogP) is 1.46. The molecule has 1 amide bonds. The molecule has 0 saturated carbocycles. The van der Waals surface area contributed by atoms with Crippen molar-refractivity contribution in [1.82, 2.24) is 19.8 Å². The summed E-state index contributed by atoms with van der Waals surface area (Å²) in [4.78, 5) is 18.3. The number of amides is 1. The highest BCUT2D eigenvalue weighted by Crippen LogP contribution is 2.19. The number of hydrogen-bond acceptors (Lipinski definition) is 3. The third kappa shape index (κ3) is 4.70. The summed E-state index contributed by atoms with van der Waals surface area (Å²) in [5, 5.41) is 2.83. The van der Waals surface area contributed by atoms with Crippen LogP contribution in [0.3, 0.4) is 0 Å². The first-order valence-corrected chi connectivity index (χ1v) is 7.82. The van der Waals surface area contributed by atoms with Crippen molar-refractivity contribution in [2.24, 2.45) is 5.92 Å². The Hall–Kier alpha value is -1.62. The fraction of sp³-hybridized carbons (Fsp3) is 0.625. The number of hydrogen-bond donors (Lipinski definition) is 1. The molecule has 0 bridgehead atoms. The van der Waals surface area contributed by atoms with Gasteiger partial charge in [-0.3, -0.25) is 9.69 Å². The number of carbonyl (C=O) groups is 1. The number of rotatable bonds is 7. The van der Waals surface area contributed by atoms with E-state index < -0.39 is 0 Å². The predicted molar refractivity (Wildman–Crippen MR) is 84.0 cm³/mol. The molecule has 1 aromatic heterocycles. The maximum atomic E-state index is 11.7. The van der Waals surface area contributed by atoms with Crippen molar-refractivity contribution < 1.29 is 4.79 Å². The van der Waals surface area contributed by atoms with E-state index in [-0.39, 0.29) is 5.91 Å². The number of aryl methyl sites for hydroxylation is 1. The van der Waals surface area contributed by atoms with Crippen LogP contribution >= 0.6 is 0 Å². The number of piperidine rings is 1. The second kappa shape index (κ2) is 7.98. The van der Waals surface area contributed by atoms with Gasteiger partial charge in [0.15, 0.2) is 0 Å². The molecule has 1 N–H and O–H groups in total. The highest BCUT2D eigenvalue weighted by atomic mass is 16.2. The van der Waals surface area contributed by atoms with Crippen LogP contribution in [0.15, 0.2) is 25.0 Å². The van der Waals surface area contributed by atoms with Gasteiger partial charge < -0.3 is 9.88 Å². The van der Waals surface area contributed by atoms with Crippen LogP contribution in [-0.2, 0) is 17.8 Å². The van der Waals surface area contributed by atoms with Crippen LogP contribution in [0.5, 0.6) is 0 Å². The Balaban J connectivity index is 1.73. The zero-order chi connectivity index (χ0) is 15.1. The van der Waals surface area contributed by atoms with Gasteiger partial charge in [0.2, 0.25) is 5.91 Å². The van der Waals surface area contributed by atoms with Gasteiger partial charge in [0.1, 0.15) is 5.82 Å². The molecule has 0 aromatic carbocycles. The molecule has 116 valence electrons. The standard InChI is InChI=1S/C16H26N4O/c1-3-7-18-16(21)13-19-9-5-14(6-10-19)12-20-11-8-17-15(20)4-2/h3,8,11,14H,1,4-7,9-10,12-13H2,2H3,(H,18,21). The van der Waals surface area contributed by atoms with Gasteiger partial charge in [-0.2, -0.15) is 0 Å². The zero-order valence-corrected chi connectivity index (χ0v) is 12.9. The Labute approximate surface area is 127 Å². The molecule has 1 aliphatic rings. The number of nitrogens with zero attached hydrogens (tertiary/aromatic N) is 3. The molecule has 5 nitrogen and oxygen atoms in total. The molecule has 0 radical (unpaired) electrons. The van der Waals surface area contributed by atoms with Crippen molar-refractivity contribution in [3.05, 3.63) is 30.9 Å². The minimum atomic E-state index is 0.0937. The second-order valence-electron chi connectivity index (χ2n) is 5.66. The van der Waals surface area contributed by atoms with Crippen molar-refractivity contribution in [2.45, 2.75) is 32.7 Å². The fourth-order valence-corrected chi connectivity index (χ4v) is 2.87. The van der Waals surface area contributed by atoms with E-state index in [2.05, 4.69) is 39.5 Å². The highest BCUT2D eigenvalue weighted by molar-refractivity contribution is 5.78. The average Bonchev–Trinajstić information content (AvgIpc) is 2.94. The highest BCUT2D eigenvalue weighted by Gasteiger charge is 2.21. The van der Waals surface area contributed by atoms with Crippen LogP contribution in [0.2, 0.25) is 0 Å². The normalized spacial score (nSPS) is 16.8. The number of imidazole rings is 1. The Bertz CT molecular complexity index is 461. The van der Waals surface area contributed by atoms with E-state index in [1.54, 1.807) is 6.08 Å². The van der Waals surface area contributed by atoms with E-state index in [4.69, 9.17) is 0 Å². The minimum absolute atomic E-state index is 0.0937. The van der Waals surface area contributed by atoms with Gasteiger partial charge in [0.05, 0.1) is 6.54 Å². The average molecular weight is 290 g/mol. The zero-order valence-electron chi connectivity index (χ0n) is 12.9. The molecule has 0 spiro atoms.